The highest BCUT2D eigenvalue weighted by Gasteiger charge is 2.45. The molecule has 1 aromatic heterocycles. The second-order valence-electron chi connectivity index (χ2n) is 13.9. The number of aromatic carboxylic acids is 1. The molecule has 1 saturated carbocycles. The van der Waals surface area contributed by atoms with Crippen LogP contribution in [-0.4, -0.2) is 79.8 Å². The summed E-state index contributed by atoms with van der Waals surface area (Å²) >= 11 is 6.41. The van der Waals surface area contributed by atoms with Crippen LogP contribution in [0.1, 0.15) is 66.9 Å². The van der Waals surface area contributed by atoms with Gasteiger partial charge >= 0.3 is 5.97 Å². The number of nitrogens with zero attached hydrogens (tertiary/aromatic N) is 3. The number of halogens is 1. The molecule has 7 rings (SSSR count). The Balaban J connectivity index is 1.08. The van der Waals surface area contributed by atoms with E-state index >= 15 is 0 Å². The topological polar surface area (TPSA) is 128 Å². The quantitative estimate of drug-likeness (QED) is 0.276. The second-order valence-corrected chi connectivity index (χ2v) is 16.3. The van der Waals surface area contributed by atoms with E-state index in [0.717, 1.165) is 55.9 Å². The summed E-state index contributed by atoms with van der Waals surface area (Å²) in [5.74, 6) is 0.219. The van der Waals surface area contributed by atoms with Crippen LogP contribution in [0, 0.1) is 11.8 Å². The number of aryl methyl sites for hydroxylation is 1. The van der Waals surface area contributed by atoms with Gasteiger partial charge in [-0.2, -0.15) is 0 Å². The first-order valence-corrected chi connectivity index (χ1v) is 18.9. The maximum absolute atomic E-state index is 12.8. The zero-order valence-corrected chi connectivity index (χ0v) is 28.7. The molecule has 48 heavy (non-hydrogen) atoms. The van der Waals surface area contributed by atoms with Gasteiger partial charge in [-0.1, -0.05) is 17.7 Å². The van der Waals surface area contributed by atoms with Crippen LogP contribution in [0.15, 0.2) is 60.0 Å². The molecule has 1 unspecified atom stereocenters. The minimum absolute atomic E-state index is 0.00308. The summed E-state index contributed by atoms with van der Waals surface area (Å²) in [4.78, 5) is 22.2. The van der Waals surface area contributed by atoms with Crippen molar-refractivity contribution >= 4 is 33.1 Å². The van der Waals surface area contributed by atoms with Gasteiger partial charge in [0.1, 0.15) is 5.75 Å². The van der Waals surface area contributed by atoms with Gasteiger partial charge in [-0.25, -0.2) is 23.2 Å². The predicted molar refractivity (Wildman–Crippen MR) is 181 cm³/mol. The van der Waals surface area contributed by atoms with E-state index in [4.69, 9.17) is 25.8 Å². The van der Waals surface area contributed by atoms with Gasteiger partial charge in [-0.3, -0.25) is 0 Å². The van der Waals surface area contributed by atoms with Crippen LogP contribution in [0.4, 0.5) is 5.69 Å². The van der Waals surface area contributed by atoms with Crippen molar-refractivity contribution in [3.63, 3.8) is 0 Å². The fourth-order valence-corrected chi connectivity index (χ4v) is 9.74. The van der Waals surface area contributed by atoms with Crippen LogP contribution in [0.5, 0.6) is 5.75 Å². The summed E-state index contributed by atoms with van der Waals surface area (Å²) in [5, 5.41) is 10.4. The molecule has 3 aromatic rings. The first kappa shape index (κ1) is 33.3. The number of rotatable bonds is 9. The standard InChI is InChI=1S/C36H42ClN3O7S/c1-23(20-48(43,44)35-38-13-3-14-39-35)47-28-11-15-45-33(18-28)29-8-5-26(29)19-40-21-36(12-2-4-24-16-27(37)7-9-30(24)36)22-46-32-10-6-25(34(41)42)17-31(32)40/h3,6-7,9-10,13-14,16-17,23,26,28-29,33H,2,4-5,8,11-12,15,18-22H2,1H3,(H,41,42)/t23-,26+,28-,29-,33-,36?/m1/s1. The Hall–Kier alpha value is -3.25. The third kappa shape index (κ3) is 6.79. The van der Waals surface area contributed by atoms with Crippen LogP contribution in [-0.2, 0) is 31.1 Å². The van der Waals surface area contributed by atoms with E-state index in [-0.39, 0.29) is 34.1 Å². The maximum Gasteiger partial charge on any atom is 0.335 e. The average molecular weight is 696 g/mol. The van der Waals surface area contributed by atoms with Gasteiger partial charge in [-0.15, -0.1) is 0 Å². The number of benzene rings is 2. The smallest absolute Gasteiger partial charge is 0.335 e. The number of carboxylic acid groups (broad SMARTS) is 1. The van der Waals surface area contributed by atoms with Crippen LogP contribution in [0.3, 0.4) is 0 Å². The molecule has 6 atom stereocenters. The SMILES string of the molecule is C[C@H](CS(=O)(=O)c1ncccn1)O[C@@H]1CCO[C@@H]([C@@H]2CC[C@H]2CN2CC3(CCCc4cc(Cl)ccc43)COc3ccc(C(=O)O)cc32)C1. The summed E-state index contributed by atoms with van der Waals surface area (Å²) in [5.41, 5.74) is 3.34. The van der Waals surface area contributed by atoms with Crippen molar-refractivity contribution in [2.75, 3.05) is 37.0 Å². The minimum atomic E-state index is -3.66. The second kappa shape index (κ2) is 13.6. The lowest BCUT2D eigenvalue weighted by atomic mass is 9.67. The van der Waals surface area contributed by atoms with Gasteiger partial charge in [0.15, 0.2) is 0 Å². The number of anilines is 1. The molecule has 12 heteroatoms. The highest BCUT2D eigenvalue weighted by Crippen LogP contribution is 2.47. The molecular formula is C36H42ClN3O7S. The summed E-state index contributed by atoms with van der Waals surface area (Å²) in [6.07, 6.45) is 8.72. The van der Waals surface area contributed by atoms with Crippen molar-refractivity contribution in [2.24, 2.45) is 11.8 Å². The van der Waals surface area contributed by atoms with E-state index in [2.05, 4.69) is 27.0 Å². The molecule has 2 aromatic carbocycles. The molecule has 0 bridgehead atoms. The molecule has 1 saturated heterocycles. The number of carboxylic acids is 1. The maximum atomic E-state index is 12.8. The largest absolute Gasteiger partial charge is 0.490 e. The van der Waals surface area contributed by atoms with E-state index < -0.39 is 21.9 Å². The van der Waals surface area contributed by atoms with Crippen molar-refractivity contribution in [1.29, 1.82) is 0 Å². The Morgan fingerprint density at radius 3 is 2.77 bits per heavy atom. The lowest BCUT2D eigenvalue weighted by molar-refractivity contribution is -0.126. The normalized spacial score (nSPS) is 27.6. The molecule has 4 aliphatic rings. The van der Waals surface area contributed by atoms with E-state index in [9.17, 15) is 18.3 Å². The number of ether oxygens (including phenoxy) is 3. The van der Waals surface area contributed by atoms with Gasteiger partial charge < -0.3 is 24.2 Å². The number of hydrogen-bond acceptors (Lipinski definition) is 9. The fraction of sp³-hybridized carbons (Fsp3) is 0.528. The monoisotopic (exact) mass is 695 g/mol. The van der Waals surface area contributed by atoms with Crippen molar-refractivity contribution in [3.8, 4) is 5.75 Å². The van der Waals surface area contributed by atoms with Gasteiger partial charge in [-0.05, 0) is 105 Å². The Labute approximate surface area is 286 Å². The molecular weight excluding hydrogens is 654 g/mol. The van der Waals surface area contributed by atoms with Crippen LogP contribution in [0.2, 0.25) is 5.02 Å². The molecule has 10 nitrogen and oxygen atoms in total. The molecule has 0 radical (unpaired) electrons. The van der Waals surface area contributed by atoms with Gasteiger partial charge in [0.05, 0.1) is 41.9 Å². The molecule has 3 heterocycles. The lowest BCUT2D eigenvalue weighted by Gasteiger charge is -2.48. The average Bonchev–Trinajstić information content (AvgIpc) is 3.20. The number of carbonyl (C=O) groups is 1. The third-order valence-corrected chi connectivity index (χ3v) is 12.6. The minimum Gasteiger partial charge on any atom is -0.490 e. The van der Waals surface area contributed by atoms with Crippen LogP contribution in [0.25, 0.3) is 0 Å². The molecule has 1 spiro atoms. The lowest BCUT2D eigenvalue weighted by Crippen LogP contribution is -2.51. The van der Waals surface area contributed by atoms with E-state index in [1.54, 1.807) is 31.2 Å². The van der Waals surface area contributed by atoms with Crippen molar-refractivity contribution in [2.45, 2.75) is 80.8 Å². The molecule has 256 valence electrons. The number of fused-ring (bicyclic) bond motifs is 3. The Bertz CT molecular complexity index is 1760. The number of aromatic nitrogens is 2. The first-order chi connectivity index (χ1) is 23.1. The van der Waals surface area contributed by atoms with Crippen molar-refractivity contribution in [1.82, 2.24) is 9.97 Å². The fourth-order valence-electron chi connectivity index (χ4n) is 8.26. The van der Waals surface area contributed by atoms with E-state index in [1.807, 2.05) is 6.07 Å². The molecule has 2 aliphatic heterocycles. The predicted octanol–water partition coefficient (Wildman–Crippen LogP) is 5.75. The zero-order chi connectivity index (χ0) is 33.5. The van der Waals surface area contributed by atoms with Crippen molar-refractivity contribution in [3.05, 3.63) is 76.6 Å². The van der Waals surface area contributed by atoms with Gasteiger partial charge in [0.25, 0.3) is 0 Å². The Morgan fingerprint density at radius 1 is 1.17 bits per heavy atom. The summed E-state index contributed by atoms with van der Waals surface area (Å²) in [6, 6.07) is 13.0. The molecule has 2 aliphatic carbocycles. The van der Waals surface area contributed by atoms with Crippen LogP contribution < -0.4 is 9.64 Å². The Kier molecular flexibility index (Phi) is 9.40. The zero-order valence-electron chi connectivity index (χ0n) is 27.1. The highest BCUT2D eigenvalue weighted by atomic mass is 35.5. The summed E-state index contributed by atoms with van der Waals surface area (Å²) in [6.45, 7) is 4.33. The molecule has 2 fully saturated rings. The molecule has 0 amide bonds. The summed E-state index contributed by atoms with van der Waals surface area (Å²) in [7, 11) is -3.66. The molecule has 1 N–H and O–H groups in total. The highest BCUT2D eigenvalue weighted by molar-refractivity contribution is 7.91. The van der Waals surface area contributed by atoms with Crippen molar-refractivity contribution < 1.29 is 32.5 Å². The Morgan fingerprint density at radius 2 is 2.00 bits per heavy atom. The summed E-state index contributed by atoms with van der Waals surface area (Å²) < 4.78 is 44.8. The number of hydrogen-bond donors (Lipinski definition) is 1. The van der Waals surface area contributed by atoms with Crippen LogP contribution >= 0.6 is 11.6 Å². The van der Waals surface area contributed by atoms with E-state index in [1.165, 1.54) is 23.5 Å². The first-order valence-electron chi connectivity index (χ1n) is 16.9. The van der Waals surface area contributed by atoms with E-state index in [0.29, 0.717) is 43.6 Å². The van der Waals surface area contributed by atoms with Gasteiger partial charge in [0.2, 0.25) is 15.0 Å². The number of sulfone groups is 1. The van der Waals surface area contributed by atoms with Gasteiger partial charge in [0, 0.05) is 48.9 Å². The third-order valence-electron chi connectivity index (χ3n) is 10.7.